The molecule has 0 N–H and O–H groups in total. The minimum absolute atomic E-state index is 0.0906. The van der Waals surface area contributed by atoms with Crippen molar-refractivity contribution in [2.24, 2.45) is 0 Å². The van der Waals surface area contributed by atoms with E-state index in [0.29, 0.717) is 12.5 Å². The van der Waals surface area contributed by atoms with Crippen LogP contribution in [0.5, 0.6) is 5.75 Å². The molecule has 0 unspecified atom stereocenters. The largest absolute Gasteiger partial charge is 0.485 e. The number of carbonyl (C=O) groups is 1. The van der Waals surface area contributed by atoms with Gasteiger partial charge in [0.15, 0.2) is 0 Å². The number of imidazole rings is 1. The molecule has 5 heteroatoms. The molecular weight excluding hydrogens is 386 g/mol. The van der Waals surface area contributed by atoms with Crippen molar-refractivity contribution >= 4 is 16.9 Å². The van der Waals surface area contributed by atoms with E-state index in [0.717, 1.165) is 28.2 Å². The summed E-state index contributed by atoms with van der Waals surface area (Å²) in [5.41, 5.74) is 4.17. The van der Waals surface area contributed by atoms with Crippen molar-refractivity contribution in [3.63, 3.8) is 0 Å². The second-order valence-electron chi connectivity index (χ2n) is 9.08. The molecule has 0 aliphatic rings. The van der Waals surface area contributed by atoms with E-state index in [1.807, 2.05) is 33.7 Å². The van der Waals surface area contributed by atoms with Crippen LogP contribution in [0.2, 0.25) is 0 Å². The topological polar surface area (TPSA) is 47.4 Å². The van der Waals surface area contributed by atoms with Crippen LogP contribution in [0.3, 0.4) is 0 Å². The number of amides is 1. The smallest absolute Gasteiger partial charge is 0.243 e. The summed E-state index contributed by atoms with van der Waals surface area (Å²) >= 11 is 0. The lowest BCUT2D eigenvalue weighted by Crippen LogP contribution is -2.43. The molecule has 166 valence electrons. The third-order valence-corrected chi connectivity index (χ3v) is 5.58. The molecule has 5 nitrogen and oxygen atoms in total. The van der Waals surface area contributed by atoms with Gasteiger partial charge in [-0.3, -0.25) is 4.79 Å². The number of aromatic nitrogens is 2. The van der Waals surface area contributed by atoms with Crippen LogP contribution in [0.25, 0.3) is 11.0 Å². The second-order valence-corrected chi connectivity index (χ2v) is 9.08. The normalized spacial score (nSPS) is 11.7. The average Bonchev–Trinajstić information content (AvgIpc) is 3.03. The zero-order chi connectivity index (χ0) is 22.7. The van der Waals surface area contributed by atoms with Crippen LogP contribution in [-0.4, -0.2) is 32.4 Å². The van der Waals surface area contributed by atoms with Gasteiger partial charge in [-0.2, -0.15) is 0 Å². The van der Waals surface area contributed by atoms with Crippen molar-refractivity contribution in [1.82, 2.24) is 14.5 Å². The fourth-order valence-electron chi connectivity index (χ4n) is 4.19. The zero-order valence-electron chi connectivity index (χ0n) is 19.8. The van der Waals surface area contributed by atoms with E-state index < -0.39 is 0 Å². The summed E-state index contributed by atoms with van der Waals surface area (Å²) in [7, 11) is 0. The van der Waals surface area contributed by atoms with Crippen LogP contribution in [0.4, 0.5) is 0 Å². The van der Waals surface area contributed by atoms with E-state index in [-0.39, 0.29) is 24.5 Å². The van der Waals surface area contributed by atoms with Crippen LogP contribution in [0.1, 0.15) is 64.4 Å². The predicted molar refractivity (Wildman–Crippen MR) is 126 cm³/mol. The zero-order valence-corrected chi connectivity index (χ0v) is 19.8. The molecule has 0 saturated carbocycles. The fraction of sp³-hybridized carbons (Fsp3) is 0.462. The summed E-state index contributed by atoms with van der Waals surface area (Å²) in [6, 6.07) is 14.6. The molecule has 0 aliphatic heterocycles. The van der Waals surface area contributed by atoms with Crippen molar-refractivity contribution in [2.75, 3.05) is 0 Å². The average molecular weight is 422 g/mol. The maximum Gasteiger partial charge on any atom is 0.243 e. The Morgan fingerprint density at radius 3 is 2.35 bits per heavy atom. The van der Waals surface area contributed by atoms with Gasteiger partial charge in [0, 0.05) is 12.1 Å². The highest BCUT2D eigenvalue weighted by Crippen LogP contribution is 2.28. The Morgan fingerprint density at radius 2 is 1.71 bits per heavy atom. The summed E-state index contributed by atoms with van der Waals surface area (Å²) < 4.78 is 8.26. The number of para-hydroxylation sites is 2. The summed E-state index contributed by atoms with van der Waals surface area (Å²) in [6.07, 6.45) is 0. The lowest BCUT2D eigenvalue weighted by atomic mass is 10.0. The van der Waals surface area contributed by atoms with Gasteiger partial charge >= 0.3 is 0 Å². The molecule has 3 aromatic rings. The number of fused-ring (bicyclic) bond motifs is 1. The molecule has 0 spiro atoms. The first-order chi connectivity index (χ1) is 14.7. The van der Waals surface area contributed by atoms with Crippen molar-refractivity contribution in [3.8, 4) is 5.75 Å². The summed E-state index contributed by atoms with van der Waals surface area (Å²) in [4.78, 5) is 19.9. The molecule has 0 atom stereocenters. The Bertz CT molecular complexity index is 1040. The quantitative estimate of drug-likeness (QED) is 0.469. The van der Waals surface area contributed by atoms with Gasteiger partial charge in [-0.05, 0) is 69.9 Å². The first kappa shape index (κ1) is 22.9. The molecule has 1 heterocycles. The summed E-state index contributed by atoms with van der Waals surface area (Å²) in [5.74, 6) is 2.10. The van der Waals surface area contributed by atoms with E-state index in [4.69, 9.17) is 9.72 Å². The molecule has 2 aromatic carbocycles. The third-order valence-electron chi connectivity index (χ3n) is 5.58. The van der Waals surface area contributed by atoms with E-state index in [9.17, 15) is 4.79 Å². The third kappa shape index (κ3) is 5.09. The van der Waals surface area contributed by atoms with Crippen molar-refractivity contribution in [1.29, 1.82) is 0 Å². The molecule has 1 aromatic heterocycles. The maximum atomic E-state index is 13.2. The second kappa shape index (κ2) is 9.54. The van der Waals surface area contributed by atoms with Gasteiger partial charge in [-0.15, -0.1) is 0 Å². The van der Waals surface area contributed by atoms with Gasteiger partial charge in [0.05, 0.1) is 11.0 Å². The van der Waals surface area contributed by atoms with Gasteiger partial charge in [0.1, 0.15) is 24.7 Å². The van der Waals surface area contributed by atoms with E-state index in [1.165, 1.54) is 5.56 Å². The number of rotatable bonds is 8. The van der Waals surface area contributed by atoms with E-state index in [2.05, 4.69) is 66.7 Å². The molecular formula is C26H35N3O2. The highest BCUT2D eigenvalue weighted by molar-refractivity contribution is 5.81. The molecule has 3 rings (SSSR count). The van der Waals surface area contributed by atoms with Crippen LogP contribution < -0.4 is 4.74 Å². The Kier molecular flexibility index (Phi) is 7.04. The number of carbonyl (C=O) groups excluding carboxylic acids is 1. The van der Waals surface area contributed by atoms with Crippen LogP contribution in [-0.2, 0) is 17.9 Å². The number of benzene rings is 2. The molecule has 31 heavy (non-hydrogen) atoms. The number of hydrogen-bond acceptors (Lipinski definition) is 3. The minimum Gasteiger partial charge on any atom is -0.485 e. The van der Waals surface area contributed by atoms with Gasteiger partial charge in [-0.1, -0.05) is 38.1 Å². The Labute approximate surface area is 186 Å². The van der Waals surface area contributed by atoms with Crippen LogP contribution in [0.15, 0.2) is 42.5 Å². The van der Waals surface area contributed by atoms with Crippen molar-refractivity contribution in [2.45, 2.75) is 79.6 Å². The SMILES string of the molecule is Cc1ccc(C(C)C)c(OCc2nc3ccccc3n2CC(=O)N(C(C)C)C(C)C)c1. The number of hydrogen-bond donors (Lipinski definition) is 0. The maximum absolute atomic E-state index is 13.2. The Morgan fingerprint density at radius 1 is 1.03 bits per heavy atom. The lowest BCUT2D eigenvalue weighted by molar-refractivity contribution is -0.135. The highest BCUT2D eigenvalue weighted by Gasteiger charge is 2.23. The molecule has 0 saturated heterocycles. The minimum atomic E-state index is 0.0906. The summed E-state index contributed by atoms with van der Waals surface area (Å²) in [6.45, 7) is 15.2. The van der Waals surface area contributed by atoms with E-state index in [1.54, 1.807) is 0 Å². The van der Waals surface area contributed by atoms with Crippen LogP contribution in [0, 0.1) is 6.92 Å². The lowest BCUT2D eigenvalue weighted by Gasteiger charge is -2.31. The molecule has 0 radical (unpaired) electrons. The standard InChI is InChI=1S/C26H35N3O2/c1-17(2)21-13-12-20(7)14-24(21)31-16-25-27-22-10-8-9-11-23(22)28(25)15-26(30)29(18(3)4)19(5)6/h8-14,17-19H,15-16H2,1-7H3. The highest BCUT2D eigenvalue weighted by atomic mass is 16.5. The Balaban J connectivity index is 1.93. The monoisotopic (exact) mass is 421 g/mol. The summed E-state index contributed by atoms with van der Waals surface area (Å²) in [5, 5.41) is 0. The van der Waals surface area contributed by atoms with Gasteiger partial charge in [-0.25, -0.2) is 4.98 Å². The first-order valence-electron chi connectivity index (χ1n) is 11.2. The fourth-order valence-corrected chi connectivity index (χ4v) is 4.19. The van der Waals surface area contributed by atoms with Crippen molar-refractivity contribution < 1.29 is 9.53 Å². The van der Waals surface area contributed by atoms with Gasteiger partial charge in [0.25, 0.3) is 0 Å². The van der Waals surface area contributed by atoms with Crippen LogP contribution >= 0.6 is 0 Å². The Hall–Kier alpha value is -2.82. The molecule has 0 fully saturated rings. The predicted octanol–water partition coefficient (Wildman–Crippen LogP) is 5.69. The number of nitrogens with zero attached hydrogens (tertiary/aromatic N) is 3. The van der Waals surface area contributed by atoms with Gasteiger partial charge < -0.3 is 14.2 Å². The molecule has 0 bridgehead atoms. The number of ether oxygens (including phenoxy) is 1. The molecule has 0 aliphatic carbocycles. The van der Waals surface area contributed by atoms with E-state index >= 15 is 0 Å². The first-order valence-corrected chi connectivity index (χ1v) is 11.2. The molecule has 1 amide bonds. The number of aryl methyl sites for hydroxylation is 1. The van der Waals surface area contributed by atoms with Crippen molar-refractivity contribution in [3.05, 3.63) is 59.4 Å². The van der Waals surface area contributed by atoms with Gasteiger partial charge in [0.2, 0.25) is 5.91 Å².